The topological polar surface area (TPSA) is 91.3 Å². The molecule has 0 aliphatic heterocycles. The van der Waals surface area contributed by atoms with E-state index in [1.807, 2.05) is 27.2 Å². The molecule has 57 heavy (non-hydrogen) atoms. The molecule has 2 unspecified atom stereocenters. The largest absolute Gasteiger partial charge is 0.492 e. The molecule has 0 bridgehead atoms. The Morgan fingerprint density at radius 3 is 1.30 bits per heavy atom. The lowest BCUT2D eigenvalue weighted by Gasteiger charge is -2.24. The van der Waals surface area contributed by atoms with Crippen molar-refractivity contribution in [2.45, 2.75) is 245 Å². The van der Waals surface area contributed by atoms with E-state index in [1.54, 1.807) is 6.26 Å². The standard InChI is InChI=1S/C48H96NO7P/c1-6-8-10-12-14-16-18-20-22-23-24-25-26-27-28-29-31-33-35-37-39-41-48(50)54-45-47(46-56-57(51,52)55-44-42-49(3,4)5)53-43-40-38-36-34-32-30-21-19-17-15-13-11-9-7-2/h40,43,47H,6-39,41-42,44-46H2,1-5H3/p+1/b43-40-. The summed E-state index contributed by atoms with van der Waals surface area (Å²) < 4.78 is 34.9. The van der Waals surface area contributed by atoms with Crippen molar-refractivity contribution in [3.63, 3.8) is 0 Å². The summed E-state index contributed by atoms with van der Waals surface area (Å²) in [5.41, 5.74) is 0. The summed E-state index contributed by atoms with van der Waals surface area (Å²) in [4.78, 5) is 22.7. The van der Waals surface area contributed by atoms with Gasteiger partial charge in [-0.25, -0.2) is 4.57 Å². The first-order chi connectivity index (χ1) is 27.6. The highest BCUT2D eigenvalue weighted by molar-refractivity contribution is 7.47. The van der Waals surface area contributed by atoms with Crippen LogP contribution in [0.2, 0.25) is 0 Å². The third kappa shape index (κ3) is 46.0. The Kier molecular flexibility index (Phi) is 41.1. The van der Waals surface area contributed by atoms with Crippen LogP contribution >= 0.6 is 7.82 Å². The lowest BCUT2D eigenvalue weighted by atomic mass is 10.0. The first kappa shape index (κ1) is 56.1. The molecule has 0 aromatic rings. The van der Waals surface area contributed by atoms with Crippen molar-refractivity contribution in [1.82, 2.24) is 0 Å². The van der Waals surface area contributed by atoms with Crippen molar-refractivity contribution in [1.29, 1.82) is 0 Å². The van der Waals surface area contributed by atoms with Crippen molar-refractivity contribution in [3.05, 3.63) is 12.3 Å². The number of likely N-dealkylation sites (N-methyl/N-ethyl adjacent to an activating group) is 1. The average Bonchev–Trinajstić information content (AvgIpc) is 3.17. The quantitative estimate of drug-likeness (QED) is 0.0215. The van der Waals surface area contributed by atoms with Gasteiger partial charge in [0.2, 0.25) is 0 Å². The number of rotatable bonds is 46. The molecule has 0 aromatic carbocycles. The third-order valence-corrected chi connectivity index (χ3v) is 11.9. The number of unbranched alkanes of at least 4 members (excludes halogenated alkanes) is 32. The van der Waals surface area contributed by atoms with E-state index in [1.165, 1.54) is 186 Å². The van der Waals surface area contributed by atoms with Gasteiger partial charge >= 0.3 is 13.8 Å². The van der Waals surface area contributed by atoms with Gasteiger partial charge < -0.3 is 18.9 Å². The molecule has 9 heteroatoms. The van der Waals surface area contributed by atoms with E-state index in [4.69, 9.17) is 18.5 Å². The highest BCUT2D eigenvalue weighted by atomic mass is 31.2. The monoisotopic (exact) mass is 831 g/mol. The fourth-order valence-electron chi connectivity index (χ4n) is 7.07. The molecule has 340 valence electrons. The molecule has 0 heterocycles. The second-order valence-corrected chi connectivity index (χ2v) is 19.4. The minimum absolute atomic E-state index is 0.0418. The summed E-state index contributed by atoms with van der Waals surface area (Å²) in [6.45, 7) is 4.95. The van der Waals surface area contributed by atoms with Gasteiger partial charge in [-0.1, -0.05) is 213 Å². The molecule has 0 spiro atoms. The molecule has 0 amide bonds. The number of carbonyl (C=O) groups is 1. The van der Waals surface area contributed by atoms with Crippen LogP contribution in [-0.4, -0.2) is 69.0 Å². The van der Waals surface area contributed by atoms with E-state index in [0.717, 1.165) is 32.1 Å². The Morgan fingerprint density at radius 2 is 0.912 bits per heavy atom. The molecular formula is C48H97NO7P+. The molecule has 0 rings (SSSR count). The van der Waals surface area contributed by atoms with E-state index in [0.29, 0.717) is 17.4 Å². The van der Waals surface area contributed by atoms with Gasteiger partial charge in [0.25, 0.3) is 0 Å². The van der Waals surface area contributed by atoms with E-state index >= 15 is 0 Å². The van der Waals surface area contributed by atoms with Crippen LogP contribution in [0, 0.1) is 0 Å². The van der Waals surface area contributed by atoms with Gasteiger partial charge in [-0.15, -0.1) is 0 Å². The Hall–Kier alpha value is -0.920. The summed E-state index contributed by atoms with van der Waals surface area (Å²) in [6.07, 6.45) is 47.9. The Labute approximate surface area is 354 Å². The van der Waals surface area contributed by atoms with E-state index < -0.39 is 13.9 Å². The first-order valence-electron chi connectivity index (χ1n) is 24.5. The zero-order valence-corrected chi connectivity index (χ0v) is 39.5. The van der Waals surface area contributed by atoms with Gasteiger partial charge in [0.1, 0.15) is 19.8 Å². The zero-order valence-electron chi connectivity index (χ0n) is 38.6. The fraction of sp³-hybridized carbons (Fsp3) is 0.938. The van der Waals surface area contributed by atoms with Gasteiger partial charge in [0.15, 0.2) is 6.10 Å². The summed E-state index contributed by atoms with van der Waals surface area (Å²) >= 11 is 0. The Bertz CT molecular complexity index is 925. The summed E-state index contributed by atoms with van der Waals surface area (Å²) in [5, 5.41) is 0. The number of nitrogens with zero attached hydrogens (tertiary/aromatic N) is 1. The highest BCUT2D eigenvalue weighted by Crippen LogP contribution is 2.43. The van der Waals surface area contributed by atoms with Gasteiger partial charge in [-0.2, -0.15) is 0 Å². The minimum Gasteiger partial charge on any atom is -0.492 e. The van der Waals surface area contributed by atoms with Crippen LogP contribution in [0.3, 0.4) is 0 Å². The normalized spacial score (nSPS) is 13.6. The number of quaternary nitrogens is 1. The number of allylic oxidation sites excluding steroid dienone is 1. The van der Waals surface area contributed by atoms with Crippen molar-refractivity contribution < 1.29 is 37.3 Å². The lowest BCUT2D eigenvalue weighted by Crippen LogP contribution is -2.37. The molecule has 8 nitrogen and oxygen atoms in total. The predicted octanol–water partition coefficient (Wildman–Crippen LogP) is 15.0. The van der Waals surface area contributed by atoms with Crippen LogP contribution in [0.5, 0.6) is 0 Å². The Balaban J connectivity index is 4.11. The predicted molar refractivity (Wildman–Crippen MR) is 243 cm³/mol. The molecular weight excluding hydrogens is 734 g/mol. The van der Waals surface area contributed by atoms with Gasteiger partial charge in [-0.3, -0.25) is 13.8 Å². The molecule has 1 N–H and O–H groups in total. The number of phosphoric ester groups is 1. The number of carbonyl (C=O) groups excluding carboxylic acids is 1. The summed E-state index contributed by atoms with van der Waals surface area (Å²) in [6, 6.07) is 0. The van der Waals surface area contributed by atoms with Crippen LogP contribution < -0.4 is 0 Å². The van der Waals surface area contributed by atoms with Gasteiger partial charge in [0.05, 0.1) is 34.0 Å². The molecule has 2 atom stereocenters. The maximum Gasteiger partial charge on any atom is 0.472 e. The number of esters is 1. The van der Waals surface area contributed by atoms with Crippen molar-refractivity contribution in [2.24, 2.45) is 0 Å². The van der Waals surface area contributed by atoms with Crippen LogP contribution in [0.15, 0.2) is 12.3 Å². The first-order valence-corrected chi connectivity index (χ1v) is 26.0. The van der Waals surface area contributed by atoms with Crippen LogP contribution in [0.25, 0.3) is 0 Å². The molecule has 0 saturated carbocycles. The molecule has 0 aliphatic carbocycles. The van der Waals surface area contributed by atoms with Crippen molar-refractivity contribution >= 4 is 13.8 Å². The minimum atomic E-state index is -4.26. The van der Waals surface area contributed by atoms with Crippen LogP contribution in [0.4, 0.5) is 0 Å². The molecule has 0 radical (unpaired) electrons. The maximum absolute atomic E-state index is 12.5. The zero-order chi connectivity index (χ0) is 42.0. The number of phosphoric acid groups is 1. The summed E-state index contributed by atoms with van der Waals surface area (Å²) in [7, 11) is 1.69. The lowest BCUT2D eigenvalue weighted by molar-refractivity contribution is -0.870. The average molecular weight is 831 g/mol. The number of hydrogen-bond acceptors (Lipinski definition) is 6. The van der Waals surface area contributed by atoms with Gasteiger partial charge in [0, 0.05) is 6.42 Å². The second-order valence-electron chi connectivity index (χ2n) is 17.9. The maximum atomic E-state index is 12.5. The van der Waals surface area contributed by atoms with E-state index in [2.05, 4.69) is 13.8 Å². The third-order valence-electron chi connectivity index (χ3n) is 10.9. The second kappa shape index (κ2) is 41.8. The van der Waals surface area contributed by atoms with Crippen molar-refractivity contribution in [2.75, 3.05) is 47.5 Å². The fourth-order valence-corrected chi connectivity index (χ4v) is 7.81. The molecule has 0 saturated heterocycles. The molecule has 0 aliphatic rings. The summed E-state index contributed by atoms with van der Waals surface area (Å²) in [5.74, 6) is -0.270. The number of hydrogen-bond donors (Lipinski definition) is 1. The van der Waals surface area contributed by atoms with E-state index in [9.17, 15) is 14.3 Å². The Morgan fingerprint density at radius 1 is 0.544 bits per heavy atom. The number of ether oxygens (including phenoxy) is 2. The van der Waals surface area contributed by atoms with Crippen molar-refractivity contribution in [3.8, 4) is 0 Å². The van der Waals surface area contributed by atoms with Gasteiger partial charge in [-0.05, 0) is 25.3 Å². The molecule has 0 fully saturated rings. The SMILES string of the molecule is CCCCCCCCCCCCCC/C=C\OC(COC(=O)CCCCCCCCCCCCCCCCCCCCCCC)COP(=O)(O)OCC[N+](C)(C)C. The van der Waals surface area contributed by atoms with Crippen LogP contribution in [0.1, 0.15) is 239 Å². The van der Waals surface area contributed by atoms with Crippen LogP contribution in [-0.2, 0) is 27.9 Å². The van der Waals surface area contributed by atoms with E-state index in [-0.39, 0.29) is 25.8 Å². The smallest absolute Gasteiger partial charge is 0.472 e. The highest BCUT2D eigenvalue weighted by Gasteiger charge is 2.25. The molecule has 0 aromatic heterocycles.